The molecule has 2 rings (SSSR count). The molecular weight excluding hydrogens is 400 g/mol. The minimum Gasteiger partial charge on any atom is -0.287 e. The molecule has 0 bridgehead atoms. The van der Waals surface area contributed by atoms with E-state index >= 15 is 0 Å². The van der Waals surface area contributed by atoms with Crippen molar-refractivity contribution >= 4 is 49.2 Å². The number of carbonyl (C=O) groups is 1. The molecule has 0 amide bonds. The number of alkyl halides is 1. The number of ketones is 1. The summed E-state index contributed by atoms with van der Waals surface area (Å²) in [6, 6.07) is 6.41. The number of rotatable bonds is 3. The van der Waals surface area contributed by atoms with Crippen LogP contribution in [0.2, 0.25) is 5.02 Å². The van der Waals surface area contributed by atoms with E-state index in [0.29, 0.717) is 15.4 Å². The SMILES string of the molecule is O=C(c1ccc(CBr)cc1Br)c1ncc(F)cc1Cl. The second kappa shape index (κ2) is 6.11. The van der Waals surface area contributed by atoms with E-state index in [4.69, 9.17) is 11.6 Å². The molecule has 0 unspecified atom stereocenters. The third-order valence-electron chi connectivity index (χ3n) is 2.46. The average Bonchev–Trinajstić information content (AvgIpc) is 2.37. The lowest BCUT2D eigenvalue weighted by Gasteiger charge is -2.06. The Morgan fingerprint density at radius 3 is 2.68 bits per heavy atom. The van der Waals surface area contributed by atoms with Crippen LogP contribution in [0.4, 0.5) is 4.39 Å². The molecule has 0 fully saturated rings. The van der Waals surface area contributed by atoms with E-state index < -0.39 is 5.82 Å². The predicted molar refractivity (Wildman–Crippen MR) is 79.4 cm³/mol. The van der Waals surface area contributed by atoms with E-state index in [1.54, 1.807) is 6.07 Å². The Labute approximate surface area is 131 Å². The van der Waals surface area contributed by atoms with Gasteiger partial charge in [-0.15, -0.1) is 0 Å². The molecule has 2 aromatic rings. The Morgan fingerprint density at radius 1 is 1.37 bits per heavy atom. The highest BCUT2D eigenvalue weighted by molar-refractivity contribution is 9.10. The van der Waals surface area contributed by atoms with Gasteiger partial charge in [-0.1, -0.05) is 49.5 Å². The summed E-state index contributed by atoms with van der Waals surface area (Å²) in [6.07, 6.45) is 0.972. The quantitative estimate of drug-likeness (QED) is 0.542. The molecular formula is C13H7Br2ClFNO. The van der Waals surface area contributed by atoms with Crippen molar-refractivity contribution in [2.24, 2.45) is 0 Å². The van der Waals surface area contributed by atoms with Gasteiger partial charge in [-0.05, 0) is 23.8 Å². The lowest BCUT2D eigenvalue weighted by atomic mass is 10.1. The smallest absolute Gasteiger partial charge is 0.214 e. The van der Waals surface area contributed by atoms with Crippen LogP contribution < -0.4 is 0 Å². The van der Waals surface area contributed by atoms with Gasteiger partial charge in [-0.3, -0.25) is 4.79 Å². The zero-order chi connectivity index (χ0) is 14.0. The molecule has 6 heteroatoms. The van der Waals surface area contributed by atoms with Crippen molar-refractivity contribution in [1.29, 1.82) is 0 Å². The Morgan fingerprint density at radius 2 is 2.11 bits per heavy atom. The van der Waals surface area contributed by atoms with Crippen LogP contribution in [0.15, 0.2) is 34.9 Å². The van der Waals surface area contributed by atoms with Gasteiger partial charge in [-0.2, -0.15) is 0 Å². The summed E-state index contributed by atoms with van der Waals surface area (Å²) in [5.41, 5.74) is 1.50. The Kier molecular flexibility index (Phi) is 4.71. The number of halogens is 4. The number of nitrogens with zero attached hydrogens (tertiary/aromatic N) is 1. The largest absolute Gasteiger partial charge is 0.287 e. The number of benzene rings is 1. The van der Waals surface area contributed by atoms with Gasteiger partial charge in [0.15, 0.2) is 0 Å². The van der Waals surface area contributed by atoms with E-state index in [0.717, 1.165) is 17.8 Å². The van der Waals surface area contributed by atoms with E-state index in [2.05, 4.69) is 36.8 Å². The van der Waals surface area contributed by atoms with Gasteiger partial charge >= 0.3 is 0 Å². The van der Waals surface area contributed by atoms with E-state index in [1.807, 2.05) is 12.1 Å². The first-order valence-corrected chi connectivity index (χ1v) is 7.52. The molecule has 0 aliphatic heterocycles. The van der Waals surface area contributed by atoms with Crippen molar-refractivity contribution in [2.75, 3.05) is 0 Å². The fourth-order valence-electron chi connectivity index (χ4n) is 1.54. The summed E-state index contributed by atoms with van der Waals surface area (Å²) >= 11 is 12.5. The van der Waals surface area contributed by atoms with E-state index in [-0.39, 0.29) is 16.5 Å². The van der Waals surface area contributed by atoms with Crippen molar-refractivity contribution in [2.45, 2.75) is 5.33 Å². The fourth-order valence-corrected chi connectivity index (χ4v) is 2.73. The molecule has 0 radical (unpaired) electrons. The Balaban J connectivity index is 2.44. The monoisotopic (exact) mass is 405 g/mol. The molecule has 0 saturated heterocycles. The first-order chi connectivity index (χ1) is 9.02. The number of hydrogen-bond acceptors (Lipinski definition) is 2. The highest BCUT2D eigenvalue weighted by Crippen LogP contribution is 2.25. The summed E-state index contributed by atoms with van der Waals surface area (Å²) < 4.78 is 13.6. The first-order valence-electron chi connectivity index (χ1n) is 5.23. The zero-order valence-electron chi connectivity index (χ0n) is 9.46. The maximum Gasteiger partial charge on any atom is 0.214 e. The molecule has 1 aromatic heterocycles. The third-order valence-corrected chi connectivity index (χ3v) is 4.05. The molecule has 0 aliphatic rings. The van der Waals surface area contributed by atoms with Gasteiger partial charge in [0, 0.05) is 15.4 Å². The molecule has 1 heterocycles. The fraction of sp³-hybridized carbons (Fsp3) is 0.0769. The van der Waals surface area contributed by atoms with Crippen LogP contribution in [0.3, 0.4) is 0 Å². The van der Waals surface area contributed by atoms with Gasteiger partial charge in [0.2, 0.25) is 5.78 Å². The maximum atomic E-state index is 12.9. The van der Waals surface area contributed by atoms with Crippen molar-refractivity contribution in [3.63, 3.8) is 0 Å². The van der Waals surface area contributed by atoms with Gasteiger partial charge in [-0.25, -0.2) is 9.37 Å². The number of hydrogen-bond donors (Lipinski definition) is 0. The van der Waals surface area contributed by atoms with Crippen LogP contribution in [0.1, 0.15) is 21.6 Å². The first kappa shape index (κ1) is 14.6. The molecule has 0 spiro atoms. The molecule has 98 valence electrons. The number of carbonyl (C=O) groups excluding carboxylic acids is 1. The summed E-state index contributed by atoms with van der Waals surface area (Å²) in [5, 5.41) is 0.691. The maximum absolute atomic E-state index is 12.9. The number of pyridine rings is 1. The molecule has 0 N–H and O–H groups in total. The number of aromatic nitrogens is 1. The van der Waals surface area contributed by atoms with E-state index in [9.17, 15) is 9.18 Å². The molecule has 0 atom stereocenters. The van der Waals surface area contributed by atoms with Crippen LogP contribution in [0, 0.1) is 5.82 Å². The highest BCUT2D eigenvalue weighted by atomic mass is 79.9. The molecule has 2 nitrogen and oxygen atoms in total. The lowest BCUT2D eigenvalue weighted by Crippen LogP contribution is -2.06. The molecule has 19 heavy (non-hydrogen) atoms. The Hall–Kier alpha value is -0.780. The topological polar surface area (TPSA) is 30.0 Å². The van der Waals surface area contributed by atoms with Crippen molar-refractivity contribution in [3.05, 3.63) is 62.6 Å². The molecule has 0 saturated carbocycles. The molecule has 0 aliphatic carbocycles. The second-order valence-electron chi connectivity index (χ2n) is 3.76. The van der Waals surface area contributed by atoms with Crippen LogP contribution in [-0.4, -0.2) is 10.8 Å². The predicted octanol–water partition coefficient (Wildman–Crippen LogP) is 4.76. The van der Waals surface area contributed by atoms with Crippen molar-refractivity contribution in [3.8, 4) is 0 Å². The standard InChI is InChI=1S/C13H7Br2ClFNO/c14-5-7-1-2-9(10(15)3-7)13(19)12-11(16)4-8(17)6-18-12/h1-4,6H,5H2. The summed E-state index contributed by atoms with van der Waals surface area (Å²) in [7, 11) is 0. The van der Waals surface area contributed by atoms with Crippen molar-refractivity contribution < 1.29 is 9.18 Å². The average molecular weight is 407 g/mol. The normalized spacial score (nSPS) is 10.5. The zero-order valence-corrected chi connectivity index (χ0v) is 13.4. The van der Waals surface area contributed by atoms with Gasteiger partial charge in [0.05, 0.1) is 11.2 Å². The van der Waals surface area contributed by atoms with Crippen LogP contribution >= 0.6 is 43.5 Å². The Bertz CT molecular complexity index is 649. The van der Waals surface area contributed by atoms with Crippen molar-refractivity contribution in [1.82, 2.24) is 4.98 Å². The van der Waals surface area contributed by atoms with Gasteiger partial charge < -0.3 is 0 Å². The summed E-state index contributed by atoms with van der Waals surface area (Å²) in [4.78, 5) is 16.0. The van der Waals surface area contributed by atoms with Gasteiger partial charge in [0.25, 0.3) is 0 Å². The minimum absolute atomic E-state index is 0.00136. The van der Waals surface area contributed by atoms with Crippen LogP contribution in [0.5, 0.6) is 0 Å². The third kappa shape index (κ3) is 3.22. The summed E-state index contributed by atoms with van der Waals surface area (Å²) in [5.74, 6) is -0.923. The van der Waals surface area contributed by atoms with Gasteiger partial charge in [0.1, 0.15) is 11.5 Å². The highest BCUT2D eigenvalue weighted by Gasteiger charge is 2.17. The minimum atomic E-state index is -0.574. The second-order valence-corrected chi connectivity index (χ2v) is 5.58. The molecule has 1 aromatic carbocycles. The van der Waals surface area contributed by atoms with Crippen LogP contribution in [0.25, 0.3) is 0 Å². The summed E-state index contributed by atoms with van der Waals surface area (Å²) in [6.45, 7) is 0. The lowest BCUT2D eigenvalue weighted by molar-refractivity contribution is 0.103. The van der Waals surface area contributed by atoms with Crippen LogP contribution in [-0.2, 0) is 5.33 Å². The van der Waals surface area contributed by atoms with E-state index in [1.165, 1.54) is 0 Å².